The number of esters is 1. The van der Waals surface area contributed by atoms with Crippen LogP contribution in [0.2, 0.25) is 0 Å². The number of amides is 1. The average molecular weight is 345 g/mol. The van der Waals surface area contributed by atoms with Crippen molar-refractivity contribution < 1.29 is 27.5 Å². The molecule has 1 aromatic carbocycles. The maximum absolute atomic E-state index is 12.7. The fraction of sp³-hybridized carbons (Fsp3) is 0.333. The summed E-state index contributed by atoms with van der Waals surface area (Å²) in [5.74, 6) is -0.703. The van der Waals surface area contributed by atoms with Crippen molar-refractivity contribution in [1.82, 2.24) is 4.90 Å². The first-order valence-electron chi connectivity index (χ1n) is 6.79. The Kier molecular flexibility index (Phi) is 5.35. The Morgan fingerprint density at radius 3 is 2.83 bits per heavy atom. The fourth-order valence-corrected chi connectivity index (χ4v) is 2.94. The normalized spacial score (nSPS) is 17.0. The third-order valence-corrected chi connectivity index (χ3v) is 4.06. The Morgan fingerprint density at radius 2 is 2.17 bits per heavy atom. The van der Waals surface area contributed by atoms with Crippen LogP contribution in [-0.4, -0.2) is 29.1 Å². The van der Waals surface area contributed by atoms with E-state index in [-0.39, 0.29) is 24.8 Å². The molecule has 0 N–H and O–H groups in total. The molecule has 1 amide bonds. The number of rotatable bonds is 4. The number of carbonyl (C=O) groups excluding carboxylic acids is 2. The summed E-state index contributed by atoms with van der Waals surface area (Å²) < 4.78 is 43.0. The number of hydrogen-bond donors (Lipinski definition) is 0. The molecule has 1 heterocycles. The summed E-state index contributed by atoms with van der Waals surface area (Å²) in [7, 11) is 0. The van der Waals surface area contributed by atoms with E-state index in [0.717, 1.165) is 23.9 Å². The van der Waals surface area contributed by atoms with Crippen molar-refractivity contribution in [2.24, 2.45) is 0 Å². The highest BCUT2D eigenvalue weighted by Crippen LogP contribution is 2.33. The van der Waals surface area contributed by atoms with Crippen molar-refractivity contribution in [2.75, 3.05) is 12.4 Å². The van der Waals surface area contributed by atoms with Crippen molar-refractivity contribution in [2.45, 2.75) is 19.6 Å². The number of halogens is 3. The van der Waals surface area contributed by atoms with E-state index in [2.05, 4.69) is 0 Å². The second-order valence-electron chi connectivity index (χ2n) is 4.70. The van der Waals surface area contributed by atoms with Gasteiger partial charge >= 0.3 is 12.1 Å². The number of carbonyl (C=O) groups is 2. The number of nitrogens with zero attached hydrogens (tertiary/aromatic N) is 1. The minimum Gasteiger partial charge on any atom is -0.463 e. The average Bonchev–Trinajstić information content (AvgIpc) is 2.80. The molecule has 1 fully saturated rings. The largest absolute Gasteiger partial charge is 0.463 e. The standard InChI is InChI=1S/C15H14F3NO3S/c1-2-22-14(21)7-13-19(12(20)9-23-13)8-10-4-3-5-11(6-10)15(16,17)18/h3-7H,2,8-9H2,1H3/b13-7-. The van der Waals surface area contributed by atoms with Crippen LogP contribution in [0.5, 0.6) is 0 Å². The van der Waals surface area contributed by atoms with Crippen LogP contribution < -0.4 is 0 Å². The van der Waals surface area contributed by atoms with Crippen LogP contribution in [0.4, 0.5) is 13.2 Å². The quantitative estimate of drug-likeness (QED) is 0.621. The second kappa shape index (κ2) is 7.08. The SMILES string of the molecule is CCOC(=O)/C=C1\SCC(=O)N1Cc1cccc(C(F)(F)F)c1. The van der Waals surface area contributed by atoms with E-state index < -0.39 is 17.7 Å². The van der Waals surface area contributed by atoms with Crippen LogP contribution in [0, 0.1) is 0 Å². The second-order valence-corrected chi connectivity index (χ2v) is 5.70. The van der Waals surface area contributed by atoms with Crippen LogP contribution >= 0.6 is 11.8 Å². The Bertz CT molecular complexity index is 643. The number of thioether (sulfide) groups is 1. The van der Waals surface area contributed by atoms with Gasteiger partial charge in [-0.3, -0.25) is 4.79 Å². The minimum absolute atomic E-state index is 0.0268. The van der Waals surface area contributed by atoms with Crippen LogP contribution in [-0.2, 0) is 27.0 Å². The molecule has 1 aliphatic heterocycles. The molecule has 0 saturated carbocycles. The molecular weight excluding hydrogens is 331 g/mol. The Morgan fingerprint density at radius 1 is 1.43 bits per heavy atom. The van der Waals surface area contributed by atoms with Crippen LogP contribution in [0.15, 0.2) is 35.4 Å². The zero-order valence-electron chi connectivity index (χ0n) is 12.2. The molecule has 0 bridgehead atoms. The third kappa shape index (κ3) is 4.51. The molecule has 2 rings (SSSR count). The van der Waals surface area contributed by atoms with Gasteiger partial charge in [-0.15, -0.1) is 0 Å². The molecule has 124 valence electrons. The Balaban J connectivity index is 2.20. The Labute approximate surface area is 135 Å². The molecule has 0 atom stereocenters. The predicted octanol–water partition coefficient (Wildman–Crippen LogP) is 3.19. The molecule has 0 radical (unpaired) electrons. The molecule has 1 aromatic rings. The monoisotopic (exact) mass is 345 g/mol. The molecule has 1 aliphatic rings. The molecule has 1 saturated heterocycles. The van der Waals surface area contributed by atoms with Gasteiger partial charge < -0.3 is 9.64 Å². The van der Waals surface area contributed by atoms with Gasteiger partial charge in [0.05, 0.1) is 35.6 Å². The lowest BCUT2D eigenvalue weighted by Gasteiger charge is -2.18. The first kappa shape index (κ1) is 17.4. The van der Waals surface area contributed by atoms with Crippen molar-refractivity contribution in [3.63, 3.8) is 0 Å². The number of hydrogen-bond acceptors (Lipinski definition) is 4. The zero-order valence-corrected chi connectivity index (χ0v) is 13.0. The van der Waals surface area contributed by atoms with Gasteiger partial charge in [0.25, 0.3) is 0 Å². The van der Waals surface area contributed by atoms with Crippen LogP contribution in [0.1, 0.15) is 18.1 Å². The van der Waals surface area contributed by atoms with Gasteiger partial charge in [-0.2, -0.15) is 13.2 Å². The van der Waals surface area contributed by atoms with Gasteiger partial charge in [-0.25, -0.2) is 4.79 Å². The topological polar surface area (TPSA) is 46.6 Å². The lowest BCUT2D eigenvalue weighted by atomic mass is 10.1. The summed E-state index contributed by atoms with van der Waals surface area (Å²) in [4.78, 5) is 24.7. The summed E-state index contributed by atoms with van der Waals surface area (Å²) >= 11 is 1.16. The molecule has 4 nitrogen and oxygen atoms in total. The lowest BCUT2D eigenvalue weighted by Crippen LogP contribution is -2.24. The number of alkyl halides is 3. The summed E-state index contributed by atoms with van der Waals surface area (Å²) in [5.41, 5.74) is -0.435. The van der Waals surface area contributed by atoms with Gasteiger partial charge in [-0.05, 0) is 24.6 Å². The van der Waals surface area contributed by atoms with Crippen molar-refractivity contribution in [3.8, 4) is 0 Å². The molecule has 0 aliphatic carbocycles. The molecule has 23 heavy (non-hydrogen) atoms. The van der Waals surface area contributed by atoms with Gasteiger partial charge in [0.2, 0.25) is 5.91 Å². The van der Waals surface area contributed by atoms with Crippen molar-refractivity contribution in [3.05, 3.63) is 46.5 Å². The van der Waals surface area contributed by atoms with E-state index >= 15 is 0 Å². The van der Waals surface area contributed by atoms with Gasteiger partial charge in [0.1, 0.15) is 0 Å². The molecule has 8 heteroatoms. The highest BCUT2D eigenvalue weighted by atomic mass is 32.2. The van der Waals surface area contributed by atoms with Crippen LogP contribution in [0.3, 0.4) is 0 Å². The lowest BCUT2D eigenvalue weighted by molar-refractivity contribution is -0.138. The third-order valence-electron chi connectivity index (χ3n) is 3.03. The predicted molar refractivity (Wildman–Crippen MR) is 79.2 cm³/mol. The smallest absolute Gasteiger partial charge is 0.416 e. The van der Waals surface area contributed by atoms with Crippen LogP contribution in [0.25, 0.3) is 0 Å². The van der Waals surface area contributed by atoms with Gasteiger partial charge in [-0.1, -0.05) is 23.9 Å². The molecule has 0 spiro atoms. The minimum atomic E-state index is -4.44. The molecule has 0 aromatic heterocycles. The maximum atomic E-state index is 12.7. The summed E-state index contributed by atoms with van der Waals surface area (Å²) in [6, 6.07) is 4.77. The van der Waals surface area contributed by atoms with E-state index in [9.17, 15) is 22.8 Å². The van der Waals surface area contributed by atoms with E-state index in [1.807, 2.05) is 0 Å². The summed E-state index contributed by atoms with van der Waals surface area (Å²) in [5, 5.41) is 0.380. The summed E-state index contributed by atoms with van der Waals surface area (Å²) in [6.07, 6.45) is -3.25. The van der Waals surface area contributed by atoms with E-state index in [1.54, 1.807) is 6.92 Å². The molecular formula is C15H14F3NO3S. The number of benzene rings is 1. The highest BCUT2D eigenvalue weighted by Gasteiger charge is 2.31. The Hall–Kier alpha value is -1.96. The zero-order chi connectivity index (χ0) is 17.0. The van der Waals surface area contributed by atoms with E-state index in [4.69, 9.17) is 4.74 Å². The van der Waals surface area contributed by atoms with Gasteiger partial charge in [0.15, 0.2) is 0 Å². The number of ether oxygens (including phenoxy) is 1. The van der Waals surface area contributed by atoms with E-state index in [0.29, 0.717) is 10.6 Å². The fourth-order valence-electron chi connectivity index (χ4n) is 2.01. The maximum Gasteiger partial charge on any atom is 0.416 e. The first-order valence-corrected chi connectivity index (χ1v) is 7.77. The highest BCUT2D eigenvalue weighted by molar-refractivity contribution is 8.04. The van der Waals surface area contributed by atoms with Gasteiger partial charge in [0, 0.05) is 0 Å². The molecule has 0 unspecified atom stereocenters. The van der Waals surface area contributed by atoms with E-state index in [1.165, 1.54) is 23.1 Å². The van der Waals surface area contributed by atoms with Crippen molar-refractivity contribution in [1.29, 1.82) is 0 Å². The first-order chi connectivity index (χ1) is 10.8. The summed E-state index contributed by atoms with van der Waals surface area (Å²) in [6.45, 7) is 1.83. The van der Waals surface area contributed by atoms with Crippen molar-refractivity contribution >= 4 is 23.6 Å².